The van der Waals surface area contributed by atoms with Gasteiger partial charge in [0.15, 0.2) is 5.82 Å². The largest absolute Gasteiger partial charge is 0.450 e. The Balaban J connectivity index is 0.00000225. The van der Waals surface area contributed by atoms with Crippen LogP contribution in [0.15, 0.2) is 41.4 Å². The Labute approximate surface area is 152 Å². The van der Waals surface area contributed by atoms with Crippen molar-refractivity contribution in [3.05, 3.63) is 42.0 Å². The monoisotopic (exact) mass is 361 g/mol. The maximum atomic E-state index is 11.5. The standard InChI is InChI=1S/C17H19N5O2.ClH/c1-3-24-17(23)21-13-9-12-15(16(18)20-13)22-14(10(2)19-12)11-7-5-4-6-8-11;/h4-10,19H,3H2,1-2H3,(H3,18,20,21,23);1H. The lowest BCUT2D eigenvalue weighted by Crippen LogP contribution is -2.30. The van der Waals surface area contributed by atoms with Gasteiger partial charge in [-0.25, -0.2) is 14.8 Å². The number of hydrogen-bond donors (Lipinski definition) is 3. The number of halogens is 1. The normalized spacial score (nSPS) is 15.1. The molecule has 0 bridgehead atoms. The zero-order chi connectivity index (χ0) is 17.1. The van der Waals surface area contributed by atoms with E-state index in [1.54, 1.807) is 13.0 Å². The third-order valence-electron chi connectivity index (χ3n) is 3.61. The molecule has 1 unspecified atom stereocenters. The predicted octanol–water partition coefficient (Wildman–Crippen LogP) is 3.59. The molecule has 1 aromatic carbocycles. The number of nitrogen functional groups attached to an aromatic ring is 1. The van der Waals surface area contributed by atoms with E-state index in [1.807, 2.05) is 37.3 Å². The van der Waals surface area contributed by atoms with E-state index in [2.05, 4.69) is 20.6 Å². The van der Waals surface area contributed by atoms with Gasteiger partial charge in [-0.05, 0) is 19.4 Å². The first kappa shape index (κ1) is 18.5. The lowest BCUT2D eigenvalue weighted by atomic mass is 10.0. The second kappa shape index (κ2) is 7.85. The van der Waals surface area contributed by atoms with Crippen LogP contribution in [0, 0.1) is 0 Å². The molecule has 8 heteroatoms. The number of aromatic nitrogens is 1. The van der Waals surface area contributed by atoms with Crippen molar-refractivity contribution in [2.24, 2.45) is 4.99 Å². The molecule has 25 heavy (non-hydrogen) atoms. The van der Waals surface area contributed by atoms with Crippen LogP contribution in [0.25, 0.3) is 0 Å². The Bertz CT molecular complexity index is 795. The molecular weight excluding hydrogens is 342 g/mol. The number of amides is 1. The number of nitrogens with one attached hydrogen (secondary N) is 2. The van der Waals surface area contributed by atoms with Gasteiger partial charge >= 0.3 is 6.09 Å². The van der Waals surface area contributed by atoms with E-state index in [1.165, 1.54) is 0 Å². The second-order valence-electron chi connectivity index (χ2n) is 5.36. The number of nitrogens with zero attached hydrogens (tertiary/aromatic N) is 2. The number of aliphatic imine (C=N–C) groups is 1. The van der Waals surface area contributed by atoms with E-state index in [0.29, 0.717) is 11.5 Å². The van der Waals surface area contributed by atoms with Gasteiger partial charge < -0.3 is 15.8 Å². The van der Waals surface area contributed by atoms with Crippen molar-refractivity contribution in [3.8, 4) is 0 Å². The molecule has 1 amide bonds. The van der Waals surface area contributed by atoms with Crippen molar-refractivity contribution in [1.29, 1.82) is 0 Å². The molecule has 3 rings (SSSR count). The average Bonchev–Trinajstić information content (AvgIpc) is 2.55. The Hall–Kier alpha value is -2.80. The number of carbonyl (C=O) groups excluding carboxylic acids is 1. The smallest absolute Gasteiger partial charge is 0.412 e. The highest BCUT2D eigenvalue weighted by Crippen LogP contribution is 2.37. The highest BCUT2D eigenvalue weighted by atomic mass is 35.5. The molecule has 1 atom stereocenters. The summed E-state index contributed by atoms with van der Waals surface area (Å²) >= 11 is 0. The van der Waals surface area contributed by atoms with Crippen LogP contribution >= 0.6 is 12.4 Å². The van der Waals surface area contributed by atoms with Crippen LogP contribution in [0.1, 0.15) is 19.4 Å². The minimum atomic E-state index is -0.568. The first-order chi connectivity index (χ1) is 11.6. The minimum absolute atomic E-state index is 0. The molecule has 132 valence electrons. The van der Waals surface area contributed by atoms with Crippen molar-refractivity contribution >= 4 is 47.2 Å². The van der Waals surface area contributed by atoms with E-state index in [0.717, 1.165) is 17.0 Å². The van der Waals surface area contributed by atoms with E-state index >= 15 is 0 Å². The fourth-order valence-corrected chi connectivity index (χ4v) is 2.56. The number of hydrogen-bond acceptors (Lipinski definition) is 6. The van der Waals surface area contributed by atoms with Crippen LogP contribution in [-0.2, 0) is 4.74 Å². The summed E-state index contributed by atoms with van der Waals surface area (Å²) < 4.78 is 4.85. The fraction of sp³-hybridized carbons (Fsp3) is 0.235. The van der Waals surface area contributed by atoms with Crippen LogP contribution in [0.4, 0.5) is 27.8 Å². The van der Waals surface area contributed by atoms with Gasteiger partial charge in [-0.2, -0.15) is 0 Å². The van der Waals surface area contributed by atoms with E-state index in [9.17, 15) is 4.79 Å². The number of rotatable bonds is 3. The first-order valence-corrected chi connectivity index (χ1v) is 7.73. The van der Waals surface area contributed by atoms with Crippen molar-refractivity contribution in [3.63, 3.8) is 0 Å². The van der Waals surface area contributed by atoms with Crippen molar-refractivity contribution < 1.29 is 9.53 Å². The Morgan fingerprint density at radius 1 is 1.36 bits per heavy atom. The summed E-state index contributed by atoms with van der Waals surface area (Å²) in [7, 11) is 0. The maximum absolute atomic E-state index is 11.5. The number of ether oxygens (including phenoxy) is 1. The van der Waals surface area contributed by atoms with Crippen LogP contribution < -0.4 is 16.4 Å². The SMILES string of the molecule is CCOC(=O)Nc1cc2c(c(N)n1)N=C(c1ccccc1)C(C)N2.Cl. The van der Waals surface area contributed by atoms with Crippen molar-refractivity contribution in [1.82, 2.24) is 4.98 Å². The Kier molecular flexibility index (Phi) is 5.82. The second-order valence-corrected chi connectivity index (χ2v) is 5.36. The van der Waals surface area contributed by atoms with Gasteiger partial charge in [0.1, 0.15) is 11.5 Å². The first-order valence-electron chi connectivity index (χ1n) is 7.73. The maximum Gasteiger partial charge on any atom is 0.412 e. The number of nitrogens with two attached hydrogens (primary N) is 1. The predicted molar refractivity (Wildman–Crippen MR) is 102 cm³/mol. The molecule has 2 heterocycles. The molecule has 1 aliphatic rings. The summed E-state index contributed by atoms with van der Waals surface area (Å²) in [5.74, 6) is 0.565. The van der Waals surface area contributed by atoms with E-state index < -0.39 is 6.09 Å². The van der Waals surface area contributed by atoms with Gasteiger partial charge in [-0.1, -0.05) is 30.3 Å². The third-order valence-corrected chi connectivity index (χ3v) is 3.61. The molecule has 0 spiro atoms. The summed E-state index contributed by atoms with van der Waals surface area (Å²) in [6.45, 7) is 4.04. The molecule has 7 nitrogen and oxygen atoms in total. The number of anilines is 3. The van der Waals surface area contributed by atoms with E-state index in [-0.39, 0.29) is 30.9 Å². The quantitative estimate of drug-likeness (QED) is 0.775. The Morgan fingerprint density at radius 3 is 2.76 bits per heavy atom. The topological polar surface area (TPSA) is 102 Å². The summed E-state index contributed by atoms with van der Waals surface area (Å²) in [5.41, 5.74) is 9.24. The molecule has 0 saturated heterocycles. The number of fused-ring (bicyclic) bond motifs is 1. The molecule has 2 aromatic rings. The van der Waals surface area contributed by atoms with Crippen molar-refractivity contribution in [2.45, 2.75) is 19.9 Å². The lowest BCUT2D eigenvalue weighted by molar-refractivity contribution is 0.168. The van der Waals surface area contributed by atoms with Gasteiger partial charge in [0.25, 0.3) is 0 Å². The summed E-state index contributed by atoms with van der Waals surface area (Å²) in [6.07, 6.45) is -0.568. The van der Waals surface area contributed by atoms with Gasteiger partial charge in [0.2, 0.25) is 0 Å². The number of carbonyl (C=O) groups is 1. The highest BCUT2D eigenvalue weighted by molar-refractivity contribution is 6.10. The molecule has 0 radical (unpaired) electrons. The molecule has 4 N–H and O–H groups in total. The fourth-order valence-electron chi connectivity index (χ4n) is 2.56. The molecular formula is C17H20ClN5O2. The van der Waals surface area contributed by atoms with Crippen LogP contribution in [0.5, 0.6) is 0 Å². The van der Waals surface area contributed by atoms with Crippen molar-refractivity contribution in [2.75, 3.05) is 23.0 Å². The van der Waals surface area contributed by atoms with Crippen LogP contribution in [0.2, 0.25) is 0 Å². The van der Waals surface area contributed by atoms with E-state index in [4.69, 9.17) is 10.5 Å². The molecule has 0 fully saturated rings. The molecule has 1 aliphatic heterocycles. The van der Waals surface area contributed by atoms with Gasteiger partial charge in [-0.3, -0.25) is 5.32 Å². The van der Waals surface area contributed by atoms with Crippen LogP contribution in [0.3, 0.4) is 0 Å². The molecule has 1 aromatic heterocycles. The number of pyridine rings is 1. The van der Waals surface area contributed by atoms with Gasteiger partial charge in [0, 0.05) is 6.07 Å². The zero-order valence-corrected chi connectivity index (χ0v) is 14.8. The summed E-state index contributed by atoms with van der Waals surface area (Å²) in [4.78, 5) is 20.4. The summed E-state index contributed by atoms with van der Waals surface area (Å²) in [6, 6.07) is 11.6. The van der Waals surface area contributed by atoms with Gasteiger partial charge in [0.05, 0.1) is 24.0 Å². The molecule has 0 saturated carbocycles. The number of benzene rings is 1. The molecule has 0 aliphatic carbocycles. The van der Waals surface area contributed by atoms with Crippen LogP contribution in [-0.4, -0.2) is 29.4 Å². The zero-order valence-electron chi connectivity index (χ0n) is 13.9. The Morgan fingerprint density at radius 2 is 2.08 bits per heavy atom. The highest BCUT2D eigenvalue weighted by Gasteiger charge is 2.23. The average molecular weight is 362 g/mol. The third kappa shape index (κ3) is 4.00. The van der Waals surface area contributed by atoms with Gasteiger partial charge in [-0.15, -0.1) is 12.4 Å². The summed E-state index contributed by atoms with van der Waals surface area (Å²) in [5, 5.41) is 5.90. The lowest BCUT2D eigenvalue weighted by Gasteiger charge is -2.25. The minimum Gasteiger partial charge on any atom is -0.450 e.